The summed E-state index contributed by atoms with van der Waals surface area (Å²) in [6.45, 7) is 4.74. The number of para-hydroxylation sites is 1. The number of carbonyl (C=O) groups excluding carboxylic acids is 2. The summed E-state index contributed by atoms with van der Waals surface area (Å²) in [6.07, 6.45) is 0.496. The van der Waals surface area contributed by atoms with Gasteiger partial charge in [0.25, 0.3) is 11.7 Å². The number of ether oxygens (including phenoxy) is 4. The molecule has 3 aromatic carbocycles. The van der Waals surface area contributed by atoms with Crippen LogP contribution in [0.1, 0.15) is 36.6 Å². The van der Waals surface area contributed by atoms with Gasteiger partial charge in [-0.1, -0.05) is 30.3 Å². The van der Waals surface area contributed by atoms with E-state index in [4.69, 9.17) is 18.9 Å². The number of ketones is 1. The lowest BCUT2D eigenvalue weighted by Crippen LogP contribution is -2.31. The summed E-state index contributed by atoms with van der Waals surface area (Å²) in [6, 6.07) is 18.9. The highest BCUT2D eigenvalue weighted by Gasteiger charge is 2.47. The number of hydrogen-bond acceptors (Lipinski definition) is 7. The Morgan fingerprint density at radius 3 is 2.21 bits per heavy atom. The van der Waals surface area contributed by atoms with Gasteiger partial charge in [0.15, 0.2) is 0 Å². The van der Waals surface area contributed by atoms with Crippen LogP contribution in [0.3, 0.4) is 0 Å². The van der Waals surface area contributed by atoms with Gasteiger partial charge in [0.05, 0.1) is 44.6 Å². The van der Waals surface area contributed by atoms with Gasteiger partial charge in [-0.25, -0.2) is 0 Å². The van der Waals surface area contributed by atoms with E-state index in [-0.39, 0.29) is 17.9 Å². The van der Waals surface area contributed by atoms with Crippen LogP contribution < -0.4 is 18.9 Å². The molecule has 1 saturated heterocycles. The molecule has 1 amide bonds. The van der Waals surface area contributed by atoms with E-state index in [1.165, 1.54) is 12.0 Å². The van der Waals surface area contributed by atoms with Gasteiger partial charge >= 0.3 is 0 Å². The van der Waals surface area contributed by atoms with Crippen LogP contribution in [0.25, 0.3) is 5.76 Å². The largest absolute Gasteiger partial charge is 0.507 e. The van der Waals surface area contributed by atoms with Gasteiger partial charge < -0.3 is 29.0 Å². The van der Waals surface area contributed by atoms with E-state index in [0.717, 1.165) is 11.3 Å². The Hall–Kier alpha value is -4.46. The number of amides is 1. The lowest BCUT2D eigenvalue weighted by Gasteiger charge is -2.27. The van der Waals surface area contributed by atoms with E-state index in [0.29, 0.717) is 48.0 Å². The fourth-order valence-corrected chi connectivity index (χ4v) is 4.74. The van der Waals surface area contributed by atoms with Crippen molar-refractivity contribution in [2.24, 2.45) is 0 Å². The summed E-state index contributed by atoms with van der Waals surface area (Å²) >= 11 is 0. The fraction of sp³-hybridized carbons (Fsp3) is 0.290. The number of Topliss-reactive ketones (excluding diaryl/α,β-unsaturated/α-hetero) is 1. The predicted octanol–water partition coefficient (Wildman–Crippen LogP) is 5.17. The standard InChI is InChI=1S/C31H33NO7/c1-5-38-22-15-16-24(26(19-22)39-6-2)29(33)27-28(23-9-7-8-10-25(23)37-4)32(31(35)30(27)34)18-17-20-11-13-21(36-3)14-12-20/h7-16,19,28,33H,5-6,17-18H2,1-4H3/b29-27+. The zero-order valence-corrected chi connectivity index (χ0v) is 22.6. The van der Waals surface area contributed by atoms with Crippen LogP contribution in [0.5, 0.6) is 23.0 Å². The maximum atomic E-state index is 13.5. The molecular formula is C31H33NO7. The number of likely N-dealkylation sites (tertiary alicyclic amines) is 1. The van der Waals surface area contributed by atoms with Gasteiger partial charge in [-0.15, -0.1) is 0 Å². The zero-order chi connectivity index (χ0) is 27.9. The quantitative estimate of drug-likeness (QED) is 0.207. The van der Waals surface area contributed by atoms with Crippen molar-refractivity contribution in [1.82, 2.24) is 4.90 Å². The average molecular weight is 532 g/mol. The molecule has 0 aliphatic carbocycles. The van der Waals surface area contributed by atoms with E-state index in [1.54, 1.807) is 37.4 Å². The molecular weight excluding hydrogens is 498 g/mol. The van der Waals surface area contributed by atoms with Crippen LogP contribution in [0, 0.1) is 0 Å². The number of methoxy groups -OCH3 is 2. The Labute approximate surface area is 228 Å². The molecule has 0 aromatic heterocycles. The maximum Gasteiger partial charge on any atom is 0.295 e. The van der Waals surface area contributed by atoms with Crippen LogP contribution in [0.15, 0.2) is 72.3 Å². The number of nitrogens with zero attached hydrogens (tertiary/aromatic N) is 1. The smallest absolute Gasteiger partial charge is 0.295 e. The zero-order valence-electron chi connectivity index (χ0n) is 22.6. The molecule has 0 bridgehead atoms. The number of rotatable bonds is 11. The second kappa shape index (κ2) is 12.4. The molecule has 1 atom stereocenters. The lowest BCUT2D eigenvalue weighted by atomic mass is 9.94. The highest BCUT2D eigenvalue weighted by molar-refractivity contribution is 6.46. The molecule has 8 nitrogen and oxygen atoms in total. The van der Waals surface area contributed by atoms with Gasteiger partial charge in [-0.05, 0) is 56.2 Å². The molecule has 39 heavy (non-hydrogen) atoms. The van der Waals surface area contributed by atoms with Gasteiger partial charge in [0, 0.05) is 18.2 Å². The van der Waals surface area contributed by atoms with Crippen LogP contribution in [0.4, 0.5) is 0 Å². The summed E-state index contributed by atoms with van der Waals surface area (Å²) < 4.78 is 22.2. The van der Waals surface area contributed by atoms with Crippen molar-refractivity contribution >= 4 is 17.4 Å². The first-order valence-corrected chi connectivity index (χ1v) is 12.9. The minimum absolute atomic E-state index is 0.0238. The Balaban J connectivity index is 1.82. The number of aliphatic hydroxyl groups is 1. The molecule has 1 aliphatic heterocycles. The fourth-order valence-electron chi connectivity index (χ4n) is 4.74. The topological polar surface area (TPSA) is 94.5 Å². The van der Waals surface area contributed by atoms with Crippen molar-refractivity contribution in [3.05, 3.63) is 89.0 Å². The lowest BCUT2D eigenvalue weighted by molar-refractivity contribution is -0.139. The first kappa shape index (κ1) is 27.6. The second-order valence-corrected chi connectivity index (χ2v) is 8.86. The summed E-state index contributed by atoms with van der Waals surface area (Å²) in [5.74, 6) is 0.375. The summed E-state index contributed by atoms with van der Waals surface area (Å²) in [5, 5.41) is 11.6. The van der Waals surface area contributed by atoms with Crippen LogP contribution in [-0.2, 0) is 16.0 Å². The Morgan fingerprint density at radius 2 is 1.54 bits per heavy atom. The third-order valence-electron chi connectivity index (χ3n) is 6.59. The summed E-state index contributed by atoms with van der Waals surface area (Å²) in [5.41, 5.74) is 1.85. The Kier molecular flexibility index (Phi) is 8.76. The normalized spacial score (nSPS) is 16.3. The molecule has 8 heteroatoms. The highest BCUT2D eigenvalue weighted by atomic mass is 16.5. The second-order valence-electron chi connectivity index (χ2n) is 8.86. The molecule has 3 aromatic rings. The molecule has 0 spiro atoms. The van der Waals surface area contributed by atoms with Crippen LogP contribution >= 0.6 is 0 Å². The molecule has 1 aliphatic rings. The van der Waals surface area contributed by atoms with E-state index in [1.807, 2.05) is 50.2 Å². The Morgan fingerprint density at radius 1 is 0.846 bits per heavy atom. The van der Waals surface area contributed by atoms with Crippen molar-refractivity contribution in [3.8, 4) is 23.0 Å². The first-order valence-electron chi connectivity index (χ1n) is 12.9. The molecule has 0 radical (unpaired) electrons. The van der Waals surface area contributed by atoms with Gasteiger partial charge in [0.1, 0.15) is 28.8 Å². The van der Waals surface area contributed by atoms with Gasteiger partial charge in [-0.3, -0.25) is 9.59 Å². The first-order chi connectivity index (χ1) is 18.9. The van der Waals surface area contributed by atoms with Crippen LogP contribution in [-0.4, -0.2) is 55.7 Å². The monoisotopic (exact) mass is 531 g/mol. The molecule has 4 rings (SSSR count). The van der Waals surface area contributed by atoms with Crippen molar-refractivity contribution < 1.29 is 33.6 Å². The number of benzene rings is 3. The SMILES string of the molecule is CCOc1ccc(/C(O)=C2\C(=O)C(=O)N(CCc3ccc(OC)cc3)C2c2ccccc2OC)c(OCC)c1. The molecule has 1 N–H and O–H groups in total. The maximum absolute atomic E-state index is 13.5. The number of aliphatic hydroxyl groups excluding tert-OH is 1. The Bertz CT molecular complexity index is 1360. The molecule has 1 heterocycles. The third kappa shape index (κ3) is 5.70. The van der Waals surface area contributed by atoms with Gasteiger partial charge in [-0.2, -0.15) is 0 Å². The van der Waals surface area contributed by atoms with Gasteiger partial charge in [0.2, 0.25) is 0 Å². The summed E-state index contributed by atoms with van der Waals surface area (Å²) in [4.78, 5) is 28.4. The highest BCUT2D eigenvalue weighted by Crippen LogP contribution is 2.44. The molecule has 1 unspecified atom stereocenters. The molecule has 0 saturated carbocycles. The van der Waals surface area contributed by atoms with Crippen molar-refractivity contribution in [2.75, 3.05) is 34.0 Å². The van der Waals surface area contributed by atoms with Crippen molar-refractivity contribution in [3.63, 3.8) is 0 Å². The van der Waals surface area contributed by atoms with E-state index in [9.17, 15) is 14.7 Å². The van der Waals surface area contributed by atoms with Crippen molar-refractivity contribution in [2.45, 2.75) is 26.3 Å². The average Bonchev–Trinajstić information content (AvgIpc) is 3.21. The van der Waals surface area contributed by atoms with Crippen molar-refractivity contribution in [1.29, 1.82) is 0 Å². The summed E-state index contributed by atoms with van der Waals surface area (Å²) in [7, 11) is 3.13. The minimum atomic E-state index is -0.861. The number of carbonyl (C=O) groups is 2. The van der Waals surface area contributed by atoms with E-state index < -0.39 is 17.7 Å². The van der Waals surface area contributed by atoms with E-state index in [2.05, 4.69) is 0 Å². The van der Waals surface area contributed by atoms with E-state index >= 15 is 0 Å². The molecule has 1 fully saturated rings. The third-order valence-corrected chi connectivity index (χ3v) is 6.59. The number of hydrogen-bond donors (Lipinski definition) is 1. The van der Waals surface area contributed by atoms with Crippen LogP contribution in [0.2, 0.25) is 0 Å². The predicted molar refractivity (Wildman–Crippen MR) is 147 cm³/mol. The minimum Gasteiger partial charge on any atom is -0.507 e. The molecule has 204 valence electrons.